The van der Waals surface area contributed by atoms with Crippen molar-refractivity contribution < 1.29 is 0 Å². The molecule has 4 fully saturated rings. The van der Waals surface area contributed by atoms with Gasteiger partial charge >= 0.3 is 0 Å². The Morgan fingerprint density at radius 3 is 0.664 bits per heavy atom. The van der Waals surface area contributed by atoms with Crippen LogP contribution in [-0.2, 0) is 52.4 Å². The van der Waals surface area contributed by atoms with Crippen LogP contribution in [0.5, 0.6) is 0 Å². The summed E-state index contributed by atoms with van der Waals surface area (Å²) in [6, 6.07) is 96.1. The zero-order valence-corrected chi connectivity index (χ0v) is 86.9. The van der Waals surface area contributed by atoms with Gasteiger partial charge in [0.25, 0.3) is 0 Å². The van der Waals surface area contributed by atoms with E-state index in [1.54, 1.807) is 0 Å². The number of aromatic nitrogens is 7. The minimum absolute atomic E-state index is 0.550. The van der Waals surface area contributed by atoms with Gasteiger partial charge in [-0.2, -0.15) is 0 Å². The Balaban J connectivity index is 0.000000133. The predicted molar refractivity (Wildman–Crippen MR) is 608 cm³/mol. The maximum absolute atomic E-state index is 6.13. The molecule has 0 radical (unpaired) electrons. The van der Waals surface area contributed by atoms with E-state index in [0.29, 0.717) is 29.2 Å². The van der Waals surface area contributed by atoms with Crippen LogP contribution in [0.2, 0.25) is 20.1 Å². The summed E-state index contributed by atoms with van der Waals surface area (Å²) in [5.41, 5.74) is 32.4. The largest absolute Gasteiger partial charge is 0.399 e. The van der Waals surface area contributed by atoms with E-state index in [1.165, 1.54) is 109 Å². The average molecular weight is 2030 g/mol. The molecular formula is C121H139Cl4N21. The van der Waals surface area contributed by atoms with E-state index in [9.17, 15) is 0 Å². The zero-order chi connectivity index (χ0) is 100. The van der Waals surface area contributed by atoms with Crippen molar-refractivity contribution in [1.82, 2.24) is 74.1 Å². The molecule has 0 amide bonds. The topological polar surface area (TPSA) is 216 Å². The highest BCUT2D eigenvalue weighted by molar-refractivity contribution is 6.32. The first kappa shape index (κ1) is 105. The number of nitrogen functional groups attached to an aromatic ring is 2. The fourth-order valence-electron chi connectivity index (χ4n) is 20.8. The Morgan fingerprint density at radius 2 is 0.445 bits per heavy atom. The van der Waals surface area contributed by atoms with Gasteiger partial charge in [0, 0.05) is 240 Å². The normalized spacial score (nSPS) is 14.9. The number of nitrogens with two attached hydrogens (primary N) is 2. The molecule has 21 nitrogen and oxygen atoms in total. The van der Waals surface area contributed by atoms with Gasteiger partial charge in [-0.25, -0.2) is 0 Å². The molecule has 0 atom stereocenters. The number of piperidine rings is 4. The number of rotatable bonds is 40. The molecule has 146 heavy (non-hydrogen) atoms. The van der Waals surface area contributed by atoms with Gasteiger partial charge in [0.2, 0.25) is 0 Å². The van der Waals surface area contributed by atoms with Crippen LogP contribution in [0.1, 0.15) is 122 Å². The van der Waals surface area contributed by atoms with Crippen molar-refractivity contribution in [2.24, 2.45) is 0 Å². The molecule has 0 bridgehead atoms. The second kappa shape index (κ2) is 55.5. The molecule has 25 heteroatoms. The lowest BCUT2D eigenvalue weighted by molar-refractivity contribution is 0.0964. The van der Waals surface area contributed by atoms with Gasteiger partial charge in [-0.15, -0.1) is 0 Å². The van der Waals surface area contributed by atoms with Crippen LogP contribution >= 0.6 is 46.4 Å². The number of hydrogen-bond acceptors (Lipinski definition) is 21. The number of halogens is 4. The van der Waals surface area contributed by atoms with Crippen LogP contribution in [0, 0.1) is 0 Å². The lowest BCUT2D eigenvalue weighted by Crippen LogP contribution is -2.44. The Morgan fingerprint density at radius 1 is 0.240 bits per heavy atom. The fraction of sp³-hybridized carbons (Fsp3) is 0.331. The third kappa shape index (κ3) is 32.4. The van der Waals surface area contributed by atoms with E-state index in [1.807, 2.05) is 171 Å². The third-order valence-corrected chi connectivity index (χ3v) is 29.7. The van der Waals surface area contributed by atoms with Crippen molar-refractivity contribution in [3.8, 4) is 0 Å². The molecule has 4 aliphatic rings. The molecule has 9 aromatic carbocycles. The Hall–Kier alpha value is -12.3. The van der Waals surface area contributed by atoms with Crippen LogP contribution in [0.15, 0.2) is 335 Å². The van der Waals surface area contributed by atoms with E-state index in [4.69, 9.17) is 57.9 Å². The number of likely N-dealkylation sites (tertiary alicyclic amines) is 4. The SMILES string of the molecule is Clc1ccc2c(NCCCN3CCC(N(Cc4ccccc4)Cc4ccccc4)CC3)ccnc2c1.Clc1ccc2c(NCCCN3CCC(N(Cc4ccccc4)Cc4ccncc4)CC3)ccnc2c1.Clc1ccc2c(NCCCN3CCC(N(Cc4ccncc4)Cc4ccncc4)CC3)ccnc2c1.Nc1ccc(CN(Cc2ccc(N)cc2)C2CCN(CCCNc3ccnc4cc(Cl)ccc34)CC2)cc1. The lowest BCUT2D eigenvalue weighted by Gasteiger charge is -2.39. The summed E-state index contributed by atoms with van der Waals surface area (Å²) in [4.78, 5) is 51.4. The number of nitrogens with one attached hydrogen (secondary N) is 4. The third-order valence-electron chi connectivity index (χ3n) is 28.8. The molecule has 7 aromatic heterocycles. The lowest BCUT2D eigenvalue weighted by atomic mass is 10.0. The second-order valence-electron chi connectivity index (χ2n) is 39.1. The molecule has 20 rings (SSSR count). The molecule has 4 saturated heterocycles. The van der Waals surface area contributed by atoms with Gasteiger partial charge in [-0.1, -0.05) is 162 Å². The van der Waals surface area contributed by atoms with E-state index < -0.39 is 0 Å². The first-order chi connectivity index (χ1) is 71.8. The van der Waals surface area contributed by atoms with Crippen molar-refractivity contribution in [3.63, 3.8) is 0 Å². The highest BCUT2D eigenvalue weighted by Crippen LogP contribution is 2.34. The molecule has 11 heterocycles. The summed E-state index contributed by atoms with van der Waals surface area (Å²) in [6.45, 7) is 25.2. The van der Waals surface area contributed by atoms with Crippen LogP contribution in [0.3, 0.4) is 0 Å². The van der Waals surface area contributed by atoms with Gasteiger partial charge in [0.15, 0.2) is 0 Å². The van der Waals surface area contributed by atoms with Gasteiger partial charge in [0.1, 0.15) is 0 Å². The standard InChI is InChI=1S/C31H37ClN6.C31H35ClN4.C30H34ClN5.C29H33ClN6/c32-25-6-11-29-30(12-16-36-31(29)20-25)35-15-1-17-37-18-13-28(14-19-37)38(21-23-2-7-26(33)8-3-23)22-24-4-9-27(34)10-5-24;32-27-12-13-29-30(14-18-34-31(29)22-27)33-17-7-19-35-20-15-28(16-21-35)36(23-25-8-3-1-4-9-25)24-26-10-5-2-6-11-26;31-26-7-8-28-29(11-17-34-30(28)21-26)33-14-4-18-35-19-12-27(13-20-35)36(22-24-5-2-1-3-6-24)23-25-9-15-32-16-10-25;30-25-2-3-27-28(8-16-34-29(27)20-25)33-11-1-17-35-18-9-26(10-19-35)36(21-23-4-12-31-13-5-23)22-24-6-14-32-15-7-24/h2-12,16,20,28H,1,13-15,17-19,21-22,33-34H2,(H,35,36);1-6,8-14,18,22,28H,7,15-17,19-21,23-24H2,(H,33,34);1-3,5-11,15-17,21,27H,4,12-14,18-20,22-23H2,(H,33,34);2-8,12-16,20,26H,1,9-11,17-19,21-22H2,(H,33,34). The quantitative estimate of drug-likeness (QED) is 0.0155. The maximum Gasteiger partial charge on any atom is 0.0737 e. The Bertz CT molecular complexity index is 5950. The van der Waals surface area contributed by atoms with Crippen LogP contribution < -0.4 is 32.7 Å². The summed E-state index contributed by atoms with van der Waals surface area (Å²) in [7, 11) is 0. The van der Waals surface area contributed by atoms with Crippen molar-refractivity contribution >= 4 is 124 Å². The predicted octanol–water partition coefficient (Wildman–Crippen LogP) is 24.8. The minimum Gasteiger partial charge on any atom is -0.399 e. The maximum atomic E-state index is 6.13. The average Bonchev–Trinajstić information content (AvgIpc) is 0.823. The number of fused-ring (bicyclic) bond motifs is 4. The first-order valence-electron chi connectivity index (χ1n) is 52.2. The molecular weight excluding hydrogens is 1890 g/mol. The summed E-state index contributed by atoms with van der Waals surface area (Å²) in [6.07, 6.45) is 32.8. The van der Waals surface area contributed by atoms with Crippen molar-refractivity contribution in [2.75, 3.05) is 137 Å². The number of pyridine rings is 7. The van der Waals surface area contributed by atoms with Crippen molar-refractivity contribution in [2.45, 2.75) is 154 Å². The monoisotopic (exact) mass is 2030 g/mol. The first-order valence-corrected chi connectivity index (χ1v) is 53.7. The molecule has 4 aliphatic heterocycles. The van der Waals surface area contributed by atoms with E-state index >= 15 is 0 Å². The summed E-state index contributed by atoms with van der Waals surface area (Å²) in [5.74, 6) is 0. The molecule has 0 aliphatic carbocycles. The molecule has 0 unspecified atom stereocenters. The molecule has 8 N–H and O–H groups in total. The van der Waals surface area contributed by atoms with E-state index in [-0.39, 0.29) is 0 Å². The van der Waals surface area contributed by atoms with E-state index in [2.05, 4.69) is 259 Å². The van der Waals surface area contributed by atoms with Gasteiger partial charge in [-0.3, -0.25) is 54.5 Å². The summed E-state index contributed by atoms with van der Waals surface area (Å²) in [5, 5.41) is 21.8. The van der Waals surface area contributed by atoms with Crippen LogP contribution in [0.25, 0.3) is 43.6 Å². The zero-order valence-electron chi connectivity index (χ0n) is 83.9. The molecule has 756 valence electrons. The van der Waals surface area contributed by atoms with Crippen molar-refractivity contribution in [1.29, 1.82) is 0 Å². The molecule has 0 saturated carbocycles. The highest BCUT2D eigenvalue weighted by atomic mass is 35.5. The van der Waals surface area contributed by atoms with Gasteiger partial charge in [0.05, 0.1) is 22.1 Å². The highest BCUT2D eigenvalue weighted by Gasteiger charge is 2.31. The number of hydrogen-bond donors (Lipinski definition) is 6. The summed E-state index contributed by atoms with van der Waals surface area (Å²) < 4.78 is 0. The fourth-order valence-corrected chi connectivity index (χ4v) is 21.5. The van der Waals surface area contributed by atoms with Crippen LogP contribution in [0.4, 0.5) is 34.1 Å². The number of nitrogens with zero attached hydrogens (tertiary/aromatic N) is 15. The van der Waals surface area contributed by atoms with Crippen molar-refractivity contribution in [3.05, 3.63) is 400 Å². The number of benzene rings is 9. The second-order valence-corrected chi connectivity index (χ2v) is 40.9. The summed E-state index contributed by atoms with van der Waals surface area (Å²) >= 11 is 24.5. The molecule has 16 aromatic rings. The minimum atomic E-state index is 0.550. The Kier molecular flexibility index (Phi) is 39.9. The number of anilines is 6. The van der Waals surface area contributed by atoms with Crippen LogP contribution in [-0.4, -0.2) is 203 Å². The van der Waals surface area contributed by atoms with Gasteiger partial charge in [-0.05, 0) is 358 Å². The van der Waals surface area contributed by atoms with Gasteiger partial charge < -0.3 is 52.3 Å². The smallest absolute Gasteiger partial charge is 0.0737 e. The Labute approximate surface area is 882 Å². The molecule has 0 spiro atoms. The van der Waals surface area contributed by atoms with E-state index in [0.717, 1.165) is 262 Å².